The fourth-order valence-electron chi connectivity index (χ4n) is 1.56. The van der Waals surface area contributed by atoms with E-state index >= 15 is 0 Å². The fourth-order valence-corrected chi connectivity index (χ4v) is 1.56. The lowest BCUT2D eigenvalue weighted by Gasteiger charge is -2.32. The van der Waals surface area contributed by atoms with E-state index in [2.05, 4.69) is 32.4 Å². The topological polar surface area (TPSA) is 44.3 Å². The molecule has 82 valence electrons. The summed E-state index contributed by atoms with van der Waals surface area (Å²) < 4.78 is 0. The summed E-state index contributed by atoms with van der Waals surface area (Å²) in [5, 5.41) is 2.16. The smallest absolute Gasteiger partial charge is 0.237 e. The zero-order valence-corrected chi connectivity index (χ0v) is 9.27. The van der Waals surface area contributed by atoms with Gasteiger partial charge in [0.1, 0.15) is 0 Å². The standard InChI is InChI=1S/C10H17N5/c1-9-3-4-11-10(12-9)13-15-7-5-14(2)6-8-15/h3-4H,5-8H2,1-2H3,(H,11,12,13). The van der Waals surface area contributed by atoms with E-state index in [1.807, 2.05) is 13.0 Å². The molecule has 1 saturated heterocycles. The summed E-state index contributed by atoms with van der Waals surface area (Å²) in [5.74, 6) is 0.694. The van der Waals surface area contributed by atoms with Crippen molar-refractivity contribution in [3.63, 3.8) is 0 Å². The van der Waals surface area contributed by atoms with Crippen LogP contribution in [-0.4, -0.2) is 53.1 Å². The van der Waals surface area contributed by atoms with Crippen molar-refractivity contribution in [2.45, 2.75) is 6.92 Å². The molecule has 0 atom stereocenters. The summed E-state index contributed by atoms with van der Waals surface area (Å²) >= 11 is 0. The van der Waals surface area contributed by atoms with Crippen molar-refractivity contribution in [2.24, 2.45) is 0 Å². The number of anilines is 1. The third-order valence-corrected chi connectivity index (χ3v) is 2.56. The first kappa shape index (κ1) is 10.3. The molecule has 0 spiro atoms. The Bertz CT molecular complexity index is 319. The van der Waals surface area contributed by atoms with Gasteiger partial charge in [-0.3, -0.25) is 5.43 Å². The van der Waals surface area contributed by atoms with Gasteiger partial charge in [-0.25, -0.2) is 15.0 Å². The van der Waals surface area contributed by atoms with Crippen LogP contribution < -0.4 is 5.43 Å². The normalized spacial score (nSPS) is 19.1. The first-order valence-electron chi connectivity index (χ1n) is 5.24. The van der Waals surface area contributed by atoms with Gasteiger partial charge < -0.3 is 4.90 Å². The number of nitrogens with one attached hydrogen (secondary N) is 1. The Morgan fingerprint density at radius 3 is 2.67 bits per heavy atom. The summed E-state index contributed by atoms with van der Waals surface area (Å²) in [6.45, 7) is 6.15. The first-order chi connectivity index (χ1) is 7.24. The van der Waals surface area contributed by atoms with Crippen LogP contribution >= 0.6 is 0 Å². The number of aryl methyl sites for hydroxylation is 1. The summed E-state index contributed by atoms with van der Waals surface area (Å²) in [6.07, 6.45) is 1.78. The number of hydrogen-bond donors (Lipinski definition) is 1. The number of nitrogens with zero attached hydrogens (tertiary/aromatic N) is 4. The van der Waals surface area contributed by atoms with E-state index in [0.717, 1.165) is 31.9 Å². The van der Waals surface area contributed by atoms with Gasteiger partial charge in [-0.15, -0.1) is 0 Å². The number of rotatable bonds is 2. The van der Waals surface area contributed by atoms with Crippen molar-refractivity contribution in [3.8, 4) is 0 Å². The van der Waals surface area contributed by atoms with Crippen LogP contribution in [0.1, 0.15) is 5.69 Å². The predicted molar refractivity (Wildman–Crippen MR) is 59.5 cm³/mol. The number of likely N-dealkylation sites (N-methyl/N-ethyl adjacent to an activating group) is 1. The third kappa shape index (κ3) is 2.87. The Morgan fingerprint density at radius 1 is 1.27 bits per heavy atom. The molecule has 1 aliphatic rings. The van der Waals surface area contributed by atoms with Gasteiger partial charge >= 0.3 is 0 Å². The Balaban J connectivity index is 1.92. The summed E-state index contributed by atoms with van der Waals surface area (Å²) in [7, 11) is 2.14. The molecule has 0 amide bonds. The summed E-state index contributed by atoms with van der Waals surface area (Å²) in [4.78, 5) is 10.8. The van der Waals surface area contributed by atoms with Crippen molar-refractivity contribution >= 4 is 5.95 Å². The molecular weight excluding hydrogens is 190 g/mol. The van der Waals surface area contributed by atoms with Crippen LogP contribution in [0.3, 0.4) is 0 Å². The Morgan fingerprint density at radius 2 is 2.00 bits per heavy atom. The molecule has 0 aromatic carbocycles. The monoisotopic (exact) mass is 207 g/mol. The highest BCUT2D eigenvalue weighted by Crippen LogP contribution is 2.03. The maximum Gasteiger partial charge on any atom is 0.237 e. The highest BCUT2D eigenvalue weighted by Gasteiger charge is 2.13. The van der Waals surface area contributed by atoms with Gasteiger partial charge in [-0.2, -0.15) is 0 Å². The average Bonchev–Trinajstić information content (AvgIpc) is 2.22. The van der Waals surface area contributed by atoms with E-state index in [4.69, 9.17) is 0 Å². The molecule has 5 nitrogen and oxygen atoms in total. The Kier molecular flexibility index (Phi) is 3.13. The highest BCUT2D eigenvalue weighted by molar-refractivity contribution is 5.23. The largest absolute Gasteiger partial charge is 0.304 e. The van der Waals surface area contributed by atoms with E-state index in [1.165, 1.54) is 0 Å². The predicted octanol–water partition coefficient (Wildman–Crippen LogP) is 0.359. The van der Waals surface area contributed by atoms with E-state index in [9.17, 15) is 0 Å². The SMILES string of the molecule is Cc1ccnc(NN2CCN(C)CC2)n1. The zero-order valence-electron chi connectivity index (χ0n) is 9.27. The van der Waals surface area contributed by atoms with Crippen LogP contribution in [0, 0.1) is 6.92 Å². The van der Waals surface area contributed by atoms with Gasteiger partial charge in [0.15, 0.2) is 0 Å². The lowest BCUT2D eigenvalue weighted by Crippen LogP contribution is -2.47. The molecule has 1 aromatic rings. The Hall–Kier alpha value is -1.20. The van der Waals surface area contributed by atoms with Gasteiger partial charge in [-0.05, 0) is 20.0 Å². The minimum absolute atomic E-state index is 0.694. The quantitative estimate of drug-likeness (QED) is 0.758. The molecule has 0 radical (unpaired) electrons. The number of hydrogen-bond acceptors (Lipinski definition) is 5. The van der Waals surface area contributed by atoms with Crippen LogP contribution in [0.25, 0.3) is 0 Å². The maximum atomic E-state index is 4.31. The van der Waals surface area contributed by atoms with E-state index in [1.54, 1.807) is 6.20 Å². The van der Waals surface area contributed by atoms with Crippen molar-refractivity contribution in [1.29, 1.82) is 0 Å². The van der Waals surface area contributed by atoms with Crippen LogP contribution in [0.15, 0.2) is 12.3 Å². The lowest BCUT2D eigenvalue weighted by molar-refractivity contribution is 0.178. The van der Waals surface area contributed by atoms with Gasteiger partial charge in [0, 0.05) is 38.1 Å². The molecule has 0 unspecified atom stereocenters. The fraction of sp³-hybridized carbons (Fsp3) is 0.600. The molecular formula is C10H17N5. The molecule has 1 fully saturated rings. The van der Waals surface area contributed by atoms with E-state index in [0.29, 0.717) is 5.95 Å². The lowest BCUT2D eigenvalue weighted by atomic mass is 10.4. The molecule has 15 heavy (non-hydrogen) atoms. The average molecular weight is 207 g/mol. The van der Waals surface area contributed by atoms with E-state index < -0.39 is 0 Å². The second-order valence-corrected chi connectivity index (χ2v) is 3.92. The Labute approximate surface area is 90.1 Å². The van der Waals surface area contributed by atoms with Crippen molar-refractivity contribution in [3.05, 3.63) is 18.0 Å². The molecule has 1 aliphatic heterocycles. The minimum atomic E-state index is 0.694. The third-order valence-electron chi connectivity index (χ3n) is 2.56. The molecule has 2 rings (SSSR count). The molecule has 0 bridgehead atoms. The molecule has 1 aromatic heterocycles. The van der Waals surface area contributed by atoms with Gasteiger partial charge in [0.2, 0.25) is 5.95 Å². The number of piperazine rings is 1. The van der Waals surface area contributed by atoms with Crippen LogP contribution in [-0.2, 0) is 0 Å². The second kappa shape index (κ2) is 4.55. The minimum Gasteiger partial charge on any atom is -0.304 e. The van der Waals surface area contributed by atoms with Gasteiger partial charge in [0.05, 0.1) is 0 Å². The van der Waals surface area contributed by atoms with Crippen LogP contribution in [0.2, 0.25) is 0 Å². The molecule has 1 N–H and O–H groups in total. The molecule has 0 saturated carbocycles. The zero-order chi connectivity index (χ0) is 10.7. The van der Waals surface area contributed by atoms with Gasteiger partial charge in [0.25, 0.3) is 0 Å². The summed E-state index contributed by atoms with van der Waals surface area (Å²) in [6, 6.07) is 1.90. The molecule has 2 heterocycles. The first-order valence-corrected chi connectivity index (χ1v) is 5.24. The van der Waals surface area contributed by atoms with Crippen LogP contribution in [0.4, 0.5) is 5.95 Å². The van der Waals surface area contributed by atoms with Crippen molar-refractivity contribution < 1.29 is 0 Å². The molecule has 0 aliphatic carbocycles. The van der Waals surface area contributed by atoms with Crippen LogP contribution in [0.5, 0.6) is 0 Å². The van der Waals surface area contributed by atoms with E-state index in [-0.39, 0.29) is 0 Å². The summed E-state index contributed by atoms with van der Waals surface area (Å²) in [5.41, 5.74) is 4.21. The second-order valence-electron chi connectivity index (χ2n) is 3.92. The highest BCUT2D eigenvalue weighted by atomic mass is 15.5. The maximum absolute atomic E-state index is 4.31. The van der Waals surface area contributed by atoms with Gasteiger partial charge in [-0.1, -0.05) is 0 Å². The van der Waals surface area contributed by atoms with Crippen molar-refractivity contribution in [2.75, 3.05) is 38.7 Å². The molecule has 5 heteroatoms. The van der Waals surface area contributed by atoms with Crippen molar-refractivity contribution in [1.82, 2.24) is 19.9 Å². The number of aromatic nitrogens is 2. The number of hydrazine groups is 1.